The van der Waals surface area contributed by atoms with Crippen molar-refractivity contribution in [3.05, 3.63) is 0 Å². The molecule has 2 N–H and O–H groups in total. The summed E-state index contributed by atoms with van der Waals surface area (Å²) in [7, 11) is 0. The first-order valence-electron chi connectivity index (χ1n) is 1.86. The van der Waals surface area contributed by atoms with Crippen molar-refractivity contribution in [1.82, 2.24) is 0 Å². The second-order valence-corrected chi connectivity index (χ2v) is 1.04. The zero-order valence-corrected chi connectivity index (χ0v) is 6.83. The van der Waals surface area contributed by atoms with Crippen LogP contribution in [0.15, 0.2) is 0 Å². The van der Waals surface area contributed by atoms with Crippen LogP contribution in [-0.2, 0) is 9.59 Å². The molecule has 0 rings (SSSR count). The standard InChI is InChI=1S/2C2H4O2.Mg.2H/c2*1-2(3)4;;;/h2*1H3,(H,3,4);;;/q;;+2;2*-1. The van der Waals surface area contributed by atoms with E-state index in [1.165, 1.54) is 0 Å². The quantitative estimate of drug-likeness (QED) is 0.473. The van der Waals surface area contributed by atoms with Crippen molar-refractivity contribution in [2.24, 2.45) is 0 Å². The number of carboxylic acid groups (broad SMARTS) is 2. The fourth-order valence-electron chi connectivity index (χ4n) is 0. The molecule has 0 aliphatic carbocycles. The first-order valence-corrected chi connectivity index (χ1v) is 1.86. The van der Waals surface area contributed by atoms with Crippen molar-refractivity contribution in [3.8, 4) is 0 Å². The molecule has 0 heterocycles. The van der Waals surface area contributed by atoms with Crippen LogP contribution in [0.3, 0.4) is 0 Å². The van der Waals surface area contributed by atoms with Crippen molar-refractivity contribution in [1.29, 1.82) is 0 Å². The van der Waals surface area contributed by atoms with E-state index in [0.717, 1.165) is 13.8 Å². The molecule has 0 saturated carbocycles. The molecular formula is C4H10MgO4. The summed E-state index contributed by atoms with van der Waals surface area (Å²) in [5.41, 5.74) is 0. The predicted octanol–water partition coefficient (Wildman–Crippen LogP) is 0.0260. The third kappa shape index (κ3) is 2910. The summed E-state index contributed by atoms with van der Waals surface area (Å²) in [4.78, 5) is 18.0. The molecule has 5 heteroatoms. The van der Waals surface area contributed by atoms with Gasteiger partial charge in [0, 0.05) is 13.8 Å². The van der Waals surface area contributed by atoms with Crippen molar-refractivity contribution in [2.75, 3.05) is 0 Å². The molecule has 52 valence electrons. The van der Waals surface area contributed by atoms with Gasteiger partial charge in [-0.05, 0) is 0 Å². The molecule has 0 radical (unpaired) electrons. The van der Waals surface area contributed by atoms with E-state index in [1.807, 2.05) is 0 Å². The van der Waals surface area contributed by atoms with E-state index in [0.29, 0.717) is 0 Å². The minimum atomic E-state index is -0.833. The third-order valence-electron chi connectivity index (χ3n) is 0. The Kier molecular flexibility index (Phi) is 18.8. The van der Waals surface area contributed by atoms with Crippen LogP contribution in [0.4, 0.5) is 0 Å². The Morgan fingerprint density at radius 2 is 1.11 bits per heavy atom. The molecule has 0 aromatic carbocycles. The molecule has 0 aromatic heterocycles. The minimum absolute atomic E-state index is 0. The SMILES string of the molecule is CC(=O)O.CC(=O)O.[H-].[H-].[Mg+2]. The maximum atomic E-state index is 9.00. The van der Waals surface area contributed by atoms with Crippen LogP contribution in [0.2, 0.25) is 0 Å². The molecule has 0 unspecified atom stereocenters. The van der Waals surface area contributed by atoms with Crippen molar-refractivity contribution in [2.45, 2.75) is 13.8 Å². The van der Waals surface area contributed by atoms with Gasteiger partial charge in [0.15, 0.2) is 0 Å². The molecule has 9 heavy (non-hydrogen) atoms. The monoisotopic (exact) mass is 146 g/mol. The molecule has 0 amide bonds. The Bertz CT molecular complexity index is 78.1. The largest absolute Gasteiger partial charge is 2.00 e. The molecule has 4 nitrogen and oxygen atoms in total. The van der Waals surface area contributed by atoms with E-state index in [2.05, 4.69) is 0 Å². The summed E-state index contributed by atoms with van der Waals surface area (Å²) in [6, 6.07) is 0. The van der Waals surface area contributed by atoms with Crippen LogP contribution in [0.25, 0.3) is 0 Å². The number of carboxylic acids is 2. The van der Waals surface area contributed by atoms with Crippen LogP contribution in [0, 0.1) is 0 Å². The van der Waals surface area contributed by atoms with Gasteiger partial charge in [0.2, 0.25) is 0 Å². The Morgan fingerprint density at radius 3 is 1.11 bits per heavy atom. The summed E-state index contributed by atoms with van der Waals surface area (Å²) < 4.78 is 0. The van der Waals surface area contributed by atoms with Gasteiger partial charge in [0.1, 0.15) is 0 Å². The number of hydrogen-bond donors (Lipinski definition) is 2. The fraction of sp³-hybridized carbons (Fsp3) is 0.500. The maximum absolute atomic E-state index is 9.00. The average Bonchev–Trinajstić information content (AvgIpc) is 1.25. The molecule has 0 fully saturated rings. The topological polar surface area (TPSA) is 74.6 Å². The summed E-state index contributed by atoms with van der Waals surface area (Å²) in [5, 5.41) is 14.8. The Balaban J connectivity index is -0.0000000171. The van der Waals surface area contributed by atoms with Gasteiger partial charge in [-0.2, -0.15) is 0 Å². The van der Waals surface area contributed by atoms with E-state index in [-0.39, 0.29) is 25.9 Å². The Labute approximate surface area is 72.0 Å². The van der Waals surface area contributed by atoms with Crippen LogP contribution in [0.1, 0.15) is 16.7 Å². The number of rotatable bonds is 0. The minimum Gasteiger partial charge on any atom is -1.00 e. The fourth-order valence-corrected chi connectivity index (χ4v) is 0. The Morgan fingerprint density at radius 1 is 1.11 bits per heavy atom. The van der Waals surface area contributed by atoms with Crippen LogP contribution in [0.5, 0.6) is 0 Å². The summed E-state index contributed by atoms with van der Waals surface area (Å²) >= 11 is 0. The van der Waals surface area contributed by atoms with Crippen molar-refractivity contribution in [3.63, 3.8) is 0 Å². The number of carbonyl (C=O) groups is 2. The van der Waals surface area contributed by atoms with E-state index in [4.69, 9.17) is 19.8 Å². The van der Waals surface area contributed by atoms with E-state index in [9.17, 15) is 0 Å². The summed E-state index contributed by atoms with van der Waals surface area (Å²) in [6.45, 7) is 2.17. The van der Waals surface area contributed by atoms with Gasteiger partial charge in [-0.1, -0.05) is 0 Å². The van der Waals surface area contributed by atoms with E-state index < -0.39 is 11.9 Å². The van der Waals surface area contributed by atoms with Crippen LogP contribution < -0.4 is 0 Å². The second kappa shape index (κ2) is 10.6. The molecular weight excluding hydrogens is 136 g/mol. The molecule has 0 saturated heterocycles. The van der Waals surface area contributed by atoms with E-state index in [1.54, 1.807) is 0 Å². The summed E-state index contributed by atoms with van der Waals surface area (Å²) in [5.74, 6) is -1.67. The van der Waals surface area contributed by atoms with Gasteiger partial charge in [-0.3, -0.25) is 9.59 Å². The van der Waals surface area contributed by atoms with Crippen LogP contribution >= 0.6 is 0 Å². The predicted molar refractivity (Wildman–Crippen MR) is 34.6 cm³/mol. The smallest absolute Gasteiger partial charge is 1.00 e. The maximum Gasteiger partial charge on any atom is 2.00 e. The van der Waals surface area contributed by atoms with Crippen molar-refractivity contribution >= 4 is 35.0 Å². The second-order valence-electron chi connectivity index (χ2n) is 1.04. The van der Waals surface area contributed by atoms with Gasteiger partial charge in [-0.15, -0.1) is 0 Å². The first-order chi connectivity index (χ1) is 3.46. The molecule has 0 bridgehead atoms. The van der Waals surface area contributed by atoms with Crippen LogP contribution in [-0.4, -0.2) is 45.2 Å². The van der Waals surface area contributed by atoms with Gasteiger partial charge in [0.05, 0.1) is 0 Å². The third-order valence-corrected chi connectivity index (χ3v) is 0. The first kappa shape index (κ1) is 15.9. The van der Waals surface area contributed by atoms with Gasteiger partial charge in [-0.25, -0.2) is 0 Å². The van der Waals surface area contributed by atoms with Gasteiger partial charge < -0.3 is 13.1 Å². The molecule has 0 atom stereocenters. The number of hydrogen-bond acceptors (Lipinski definition) is 2. The van der Waals surface area contributed by atoms with Gasteiger partial charge in [0.25, 0.3) is 11.9 Å². The molecule has 0 aromatic rings. The average molecular weight is 146 g/mol. The summed E-state index contributed by atoms with van der Waals surface area (Å²) in [6.07, 6.45) is 0. The zero-order valence-electron chi connectivity index (χ0n) is 7.42. The van der Waals surface area contributed by atoms with Crippen molar-refractivity contribution < 1.29 is 22.7 Å². The number of aliphatic carboxylic acids is 2. The van der Waals surface area contributed by atoms with E-state index >= 15 is 0 Å². The molecule has 0 spiro atoms. The molecule has 0 aliphatic heterocycles. The normalized spacial score (nSPS) is 5.56. The zero-order chi connectivity index (χ0) is 7.15. The molecule has 0 aliphatic rings. The Hall–Kier alpha value is -0.294. The van der Waals surface area contributed by atoms with Gasteiger partial charge >= 0.3 is 23.1 Å².